The highest BCUT2D eigenvalue weighted by Crippen LogP contribution is 2.15. The Balaban J connectivity index is 1.47. The molecule has 0 bridgehead atoms. The number of benzene rings is 2. The van der Waals surface area contributed by atoms with Crippen molar-refractivity contribution < 1.29 is 14.3 Å². The average molecular weight is 363 g/mol. The van der Waals surface area contributed by atoms with Gasteiger partial charge in [-0.3, -0.25) is 4.79 Å². The first-order valence-electron chi connectivity index (χ1n) is 8.27. The summed E-state index contributed by atoms with van der Waals surface area (Å²) in [6.07, 6.45) is 2.81. The van der Waals surface area contributed by atoms with Gasteiger partial charge >= 0.3 is 0 Å². The fourth-order valence-electron chi connectivity index (χ4n) is 2.12. The Hall–Kier alpha value is -2.40. The molecule has 0 unspecified atom stereocenters. The summed E-state index contributed by atoms with van der Waals surface area (Å²) in [5, 5.41) is 3.47. The molecular formula is C19H23ClN2O3. The summed E-state index contributed by atoms with van der Waals surface area (Å²) < 4.78 is 11.0. The SMILES string of the molecule is Nc1ccc(OCCCCCNC(=O)COc2ccc(Cl)cc2)cc1. The molecule has 0 spiro atoms. The first kappa shape index (κ1) is 18.9. The van der Waals surface area contributed by atoms with Crippen LogP contribution < -0.4 is 20.5 Å². The lowest BCUT2D eigenvalue weighted by Gasteiger charge is -2.08. The molecule has 2 rings (SSSR count). The van der Waals surface area contributed by atoms with E-state index in [1.165, 1.54) is 0 Å². The number of halogens is 1. The van der Waals surface area contributed by atoms with E-state index in [0.717, 1.165) is 30.7 Å². The van der Waals surface area contributed by atoms with Crippen molar-refractivity contribution in [2.45, 2.75) is 19.3 Å². The van der Waals surface area contributed by atoms with Gasteiger partial charge in [0.1, 0.15) is 11.5 Å². The van der Waals surface area contributed by atoms with Crippen LogP contribution in [0.4, 0.5) is 5.69 Å². The average Bonchev–Trinajstić information content (AvgIpc) is 2.62. The second kappa shape index (κ2) is 10.5. The van der Waals surface area contributed by atoms with Gasteiger partial charge in [0, 0.05) is 17.3 Å². The molecule has 25 heavy (non-hydrogen) atoms. The number of rotatable bonds is 10. The number of ether oxygens (including phenoxy) is 2. The summed E-state index contributed by atoms with van der Waals surface area (Å²) in [6.45, 7) is 1.28. The quantitative estimate of drug-likeness (QED) is 0.499. The zero-order chi connectivity index (χ0) is 17.9. The summed E-state index contributed by atoms with van der Waals surface area (Å²) in [4.78, 5) is 11.7. The predicted molar refractivity (Wildman–Crippen MR) is 100 cm³/mol. The van der Waals surface area contributed by atoms with Crippen LogP contribution in [0.1, 0.15) is 19.3 Å². The van der Waals surface area contributed by atoms with Crippen molar-refractivity contribution in [1.29, 1.82) is 0 Å². The van der Waals surface area contributed by atoms with E-state index in [1.807, 2.05) is 24.3 Å². The van der Waals surface area contributed by atoms with Gasteiger partial charge in [0.05, 0.1) is 6.61 Å². The third kappa shape index (κ3) is 7.81. The summed E-state index contributed by atoms with van der Waals surface area (Å²) in [5.41, 5.74) is 6.34. The molecule has 1 amide bonds. The van der Waals surface area contributed by atoms with Crippen LogP contribution >= 0.6 is 11.6 Å². The van der Waals surface area contributed by atoms with Crippen LogP contribution in [0, 0.1) is 0 Å². The number of unbranched alkanes of at least 4 members (excludes halogenated alkanes) is 2. The van der Waals surface area contributed by atoms with Crippen molar-refractivity contribution in [2.24, 2.45) is 0 Å². The lowest BCUT2D eigenvalue weighted by Crippen LogP contribution is -2.29. The number of amides is 1. The van der Waals surface area contributed by atoms with Gasteiger partial charge in [-0.05, 0) is 67.8 Å². The summed E-state index contributed by atoms with van der Waals surface area (Å²) in [6, 6.07) is 14.3. The third-order valence-electron chi connectivity index (χ3n) is 3.48. The number of hydrogen-bond acceptors (Lipinski definition) is 4. The lowest BCUT2D eigenvalue weighted by atomic mass is 10.2. The molecule has 0 atom stereocenters. The molecule has 6 heteroatoms. The second-order valence-electron chi connectivity index (χ2n) is 5.57. The molecule has 0 aliphatic rings. The molecule has 0 aliphatic heterocycles. The van der Waals surface area contributed by atoms with Crippen LogP contribution in [0.25, 0.3) is 0 Å². The maximum Gasteiger partial charge on any atom is 0.257 e. The van der Waals surface area contributed by atoms with Crippen molar-refractivity contribution in [3.8, 4) is 11.5 Å². The number of carbonyl (C=O) groups excluding carboxylic acids is 1. The fraction of sp³-hybridized carbons (Fsp3) is 0.316. The van der Waals surface area contributed by atoms with Gasteiger partial charge < -0.3 is 20.5 Å². The van der Waals surface area contributed by atoms with Crippen molar-refractivity contribution in [3.05, 3.63) is 53.6 Å². The van der Waals surface area contributed by atoms with Crippen molar-refractivity contribution in [2.75, 3.05) is 25.5 Å². The number of nitrogen functional groups attached to an aromatic ring is 1. The van der Waals surface area contributed by atoms with E-state index in [9.17, 15) is 4.79 Å². The Bertz CT molecular complexity index is 645. The monoisotopic (exact) mass is 362 g/mol. The molecule has 2 aromatic rings. The van der Waals surface area contributed by atoms with E-state index in [4.69, 9.17) is 26.8 Å². The fourth-order valence-corrected chi connectivity index (χ4v) is 2.24. The van der Waals surface area contributed by atoms with Gasteiger partial charge in [-0.25, -0.2) is 0 Å². The highest BCUT2D eigenvalue weighted by Gasteiger charge is 2.02. The Morgan fingerprint density at radius 3 is 2.28 bits per heavy atom. The van der Waals surface area contributed by atoms with Gasteiger partial charge in [0.15, 0.2) is 6.61 Å². The van der Waals surface area contributed by atoms with Gasteiger partial charge in [-0.15, -0.1) is 0 Å². The largest absolute Gasteiger partial charge is 0.494 e. The molecule has 3 N–H and O–H groups in total. The first-order valence-corrected chi connectivity index (χ1v) is 8.65. The Kier molecular flexibility index (Phi) is 7.92. The molecule has 0 heterocycles. The van der Waals surface area contributed by atoms with Crippen LogP contribution in [0.2, 0.25) is 5.02 Å². The van der Waals surface area contributed by atoms with Crippen LogP contribution in [0.5, 0.6) is 11.5 Å². The summed E-state index contributed by atoms with van der Waals surface area (Å²) in [5.74, 6) is 1.31. The van der Waals surface area contributed by atoms with Crippen molar-refractivity contribution in [1.82, 2.24) is 5.32 Å². The van der Waals surface area contributed by atoms with E-state index in [0.29, 0.717) is 23.9 Å². The van der Waals surface area contributed by atoms with Crippen LogP contribution in [-0.2, 0) is 4.79 Å². The van der Waals surface area contributed by atoms with E-state index in [1.54, 1.807) is 24.3 Å². The Morgan fingerprint density at radius 2 is 1.56 bits per heavy atom. The zero-order valence-electron chi connectivity index (χ0n) is 14.0. The van der Waals surface area contributed by atoms with Crippen molar-refractivity contribution in [3.63, 3.8) is 0 Å². The smallest absolute Gasteiger partial charge is 0.257 e. The van der Waals surface area contributed by atoms with Gasteiger partial charge in [0.25, 0.3) is 5.91 Å². The summed E-state index contributed by atoms with van der Waals surface area (Å²) in [7, 11) is 0. The van der Waals surface area contributed by atoms with Crippen LogP contribution in [0.3, 0.4) is 0 Å². The molecule has 0 saturated heterocycles. The van der Waals surface area contributed by atoms with E-state index >= 15 is 0 Å². The van der Waals surface area contributed by atoms with Gasteiger partial charge in [-0.1, -0.05) is 11.6 Å². The van der Waals surface area contributed by atoms with Gasteiger partial charge in [-0.2, -0.15) is 0 Å². The number of anilines is 1. The lowest BCUT2D eigenvalue weighted by molar-refractivity contribution is -0.123. The topological polar surface area (TPSA) is 73.6 Å². The predicted octanol–water partition coefficient (Wildman–Crippen LogP) is 3.67. The van der Waals surface area contributed by atoms with Crippen LogP contribution in [0.15, 0.2) is 48.5 Å². The molecule has 0 radical (unpaired) electrons. The maximum absolute atomic E-state index is 11.7. The highest BCUT2D eigenvalue weighted by atomic mass is 35.5. The summed E-state index contributed by atoms with van der Waals surface area (Å²) >= 11 is 5.79. The molecule has 0 aliphatic carbocycles. The second-order valence-corrected chi connectivity index (χ2v) is 6.01. The minimum Gasteiger partial charge on any atom is -0.494 e. The number of nitrogens with two attached hydrogens (primary N) is 1. The molecule has 0 fully saturated rings. The molecule has 134 valence electrons. The number of hydrogen-bond donors (Lipinski definition) is 2. The van der Waals surface area contributed by atoms with Crippen LogP contribution in [-0.4, -0.2) is 25.7 Å². The Morgan fingerprint density at radius 1 is 0.920 bits per heavy atom. The molecule has 0 saturated carbocycles. The zero-order valence-corrected chi connectivity index (χ0v) is 14.8. The van der Waals surface area contributed by atoms with Crippen molar-refractivity contribution >= 4 is 23.2 Å². The van der Waals surface area contributed by atoms with E-state index in [-0.39, 0.29) is 12.5 Å². The third-order valence-corrected chi connectivity index (χ3v) is 3.73. The standard InChI is InChI=1S/C19H23ClN2O3/c20-15-4-8-18(9-5-15)25-14-19(23)22-12-2-1-3-13-24-17-10-6-16(21)7-11-17/h4-11H,1-3,12-14,21H2,(H,22,23). The normalized spacial score (nSPS) is 10.3. The highest BCUT2D eigenvalue weighted by molar-refractivity contribution is 6.30. The number of nitrogens with one attached hydrogen (secondary N) is 1. The maximum atomic E-state index is 11.7. The minimum atomic E-state index is -0.131. The molecule has 5 nitrogen and oxygen atoms in total. The molecule has 2 aromatic carbocycles. The molecular weight excluding hydrogens is 340 g/mol. The van der Waals surface area contributed by atoms with Gasteiger partial charge in [0.2, 0.25) is 0 Å². The van der Waals surface area contributed by atoms with E-state index in [2.05, 4.69) is 5.32 Å². The first-order chi connectivity index (χ1) is 12.1. The molecule has 0 aromatic heterocycles. The van der Waals surface area contributed by atoms with E-state index < -0.39 is 0 Å². The number of carbonyl (C=O) groups is 1. The Labute approximate surface area is 153 Å². The minimum absolute atomic E-state index is 0.00187.